The second-order valence-corrected chi connectivity index (χ2v) is 3.87. The van der Waals surface area contributed by atoms with E-state index in [2.05, 4.69) is 0 Å². The van der Waals surface area contributed by atoms with Crippen LogP contribution < -0.4 is 11.5 Å². The van der Waals surface area contributed by atoms with Gasteiger partial charge >= 0.3 is 5.97 Å². The Kier molecular flexibility index (Phi) is 4.64. The number of nitrogen functional groups attached to an aromatic ring is 2. The molecule has 0 saturated heterocycles. The first-order valence-corrected chi connectivity index (χ1v) is 5.46. The van der Waals surface area contributed by atoms with Crippen molar-refractivity contribution in [1.82, 2.24) is 0 Å². The van der Waals surface area contributed by atoms with Crippen molar-refractivity contribution in [2.24, 2.45) is 0 Å². The quantitative estimate of drug-likeness (QED) is 0.507. The predicted molar refractivity (Wildman–Crippen MR) is 65.1 cm³/mol. The topological polar surface area (TPSA) is 89.3 Å². The highest BCUT2D eigenvalue weighted by molar-refractivity contribution is 5.67. The Morgan fingerprint density at radius 2 is 1.94 bits per heavy atom. The van der Waals surface area contributed by atoms with Gasteiger partial charge in [-0.25, -0.2) is 0 Å². The molecule has 88 valence electrons. The first-order chi connectivity index (χ1) is 7.61. The zero-order valence-electron chi connectivity index (χ0n) is 9.28. The zero-order chi connectivity index (χ0) is 12.0. The second kappa shape index (κ2) is 6.00. The van der Waals surface area contributed by atoms with Gasteiger partial charge in [-0.15, -0.1) is 0 Å². The molecular formula is C12H18N2O2. The van der Waals surface area contributed by atoms with Crippen LogP contribution in [0.2, 0.25) is 0 Å². The van der Waals surface area contributed by atoms with E-state index in [4.69, 9.17) is 16.6 Å². The van der Waals surface area contributed by atoms with E-state index >= 15 is 0 Å². The molecule has 1 aromatic rings. The third kappa shape index (κ3) is 3.81. The van der Waals surface area contributed by atoms with Crippen molar-refractivity contribution in [2.75, 3.05) is 11.5 Å². The number of carboxylic acid groups (broad SMARTS) is 1. The van der Waals surface area contributed by atoms with Gasteiger partial charge < -0.3 is 16.6 Å². The van der Waals surface area contributed by atoms with Crippen LogP contribution in [0, 0.1) is 0 Å². The molecule has 0 aromatic heterocycles. The van der Waals surface area contributed by atoms with Gasteiger partial charge in [0.25, 0.3) is 0 Å². The fraction of sp³-hybridized carbons (Fsp3) is 0.417. The van der Waals surface area contributed by atoms with Crippen LogP contribution in [-0.2, 0) is 11.2 Å². The Labute approximate surface area is 95.3 Å². The fourth-order valence-electron chi connectivity index (χ4n) is 1.62. The maximum Gasteiger partial charge on any atom is 0.303 e. The molecule has 0 amide bonds. The van der Waals surface area contributed by atoms with E-state index in [1.165, 1.54) is 0 Å². The lowest BCUT2D eigenvalue weighted by molar-refractivity contribution is -0.137. The summed E-state index contributed by atoms with van der Waals surface area (Å²) in [6.45, 7) is 0. The summed E-state index contributed by atoms with van der Waals surface area (Å²) in [5.74, 6) is -0.733. The average molecular weight is 222 g/mol. The summed E-state index contributed by atoms with van der Waals surface area (Å²) in [5.41, 5.74) is 13.8. The number of benzene rings is 1. The van der Waals surface area contributed by atoms with Gasteiger partial charge in [-0.3, -0.25) is 4.79 Å². The van der Waals surface area contributed by atoms with E-state index in [1.54, 1.807) is 6.07 Å². The lowest BCUT2D eigenvalue weighted by Crippen LogP contribution is -2.00. The van der Waals surface area contributed by atoms with Crippen molar-refractivity contribution in [3.8, 4) is 0 Å². The van der Waals surface area contributed by atoms with Gasteiger partial charge in [-0.1, -0.05) is 18.6 Å². The maximum atomic E-state index is 10.3. The van der Waals surface area contributed by atoms with Crippen molar-refractivity contribution >= 4 is 17.3 Å². The summed E-state index contributed by atoms with van der Waals surface area (Å²) in [6, 6.07) is 5.63. The minimum atomic E-state index is -0.733. The van der Waals surface area contributed by atoms with Gasteiger partial charge in [0.05, 0.1) is 11.4 Å². The largest absolute Gasteiger partial charge is 0.481 e. The van der Waals surface area contributed by atoms with Crippen LogP contribution in [0.15, 0.2) is 18.2 Å². The summed E-state index contributed by atoms with van der Waals surface area (Å²) in [7, 11) is 0. The molecule has 0 bridgehead atoms. The Morgan fingerprint density at radius 3 is 2.62 bits per heavy atom. The average Bonchev–Trinajstić information content (AvgIpc) is 2.23. The number of para-hydroxylation sites is 1. The van der Waals surface area contributed by atoms with Crippen molar-refractivity contribution in [1.29, 1.82) is 0 Å². The first-order valence-electron chi connectivity index (χ1n) is 5.46. The molecule has 4 nitrogen and oxygen atoms in total. The van der Waals surface area contributed by atoms with Crippen LogP contribution >= 0.6 is 0 Å². The van der Waals surface area contributed by atoms with E-state index in [-0.39, 0.29) is 6.42 Å². The molecule has 0 fully saturated rings. The number of aryl methyl sites for hydroxylation is 1. The number of carbonyl (C=O) groups is 1. The third-order valence-electron chi connectivity index (χ3n) is 2.57. The number of hydrogen-bond acceptors (Lipinski definition) is 3. The van der Waals surface area contributed by atoms with Crippen LogP contribution in [0.5, 0.6) is 0 Å². The van der Waals surface area contributed by atoms with Crippen molar-refractivity contribution < 1.29 is 9.90 Å². The number of aliphatic carboxylic acids is 1. The lowest BCUT2D eigenvalue weighted by Gasteiger charge is -2.07. The molecule has 5 N–H and O–H groups in total. The SMILES string of the molecule is Nc1cccc(CCCCCC(=O)O)c1N. The zero-order valence-corrected chi connectivity index (χ0v) is 9.28. The van der Waals surface area contributed by atoms with E-state index in [0.29, 0.717) is 11.4 Å². The highest BCUT2D eigenvalue weighted by Gasteiger charge is 2.02. The molecule has 4 heteroatoms. The molecule has 0 heterocycles. The Morgan fingerprint density at radius 1 is 1.19 bits per heavy atom. The van der Waals surface area contributed by atoms with Crippen LogP contribution in [0.4, 0.5) is 11.4 Å². The number of hydrogen-bond donors (Lipinski definition) is 3. The summed E-state index contributed by atoms with van der Waals surface area (Å²) in [5, 5.41) is 8.47. The van der Waals surface area contributed by atoms with E-state index in [0.717, 1.165) is 31.2 Å². The second-order valence-electron chi connectivity index (χ2n) is 3.87. The Hall–Kier alpha value is -1.71. The van der Waals surface area contributed by atoms with Crippen LogP contribution in [0.3, 0.4) is 0 Å². The molecule has 0 spiro atoms. The van der Waals surface area contributed by atoms with Crippen LogP contribution in [0.25, 0.3) is 0 Å². The highest BCUT2D eigenvalue weighted by Crippen LogP contribution is 2.21. The number of rotatable bonds is 6. The van der Waals surface area contributed by atoms with Crippen molar-refractivity contribution in [2.45, 2.75) is 32.1 Å². The minimum absolute atomic E-state index is 0.242. The molecular weight excluding hydrogens is 204 g/mol. The molecule has 0 saturated carbocycles. The normalized spacial score (nSPS) is 10.2. The van der Waals surface area contributed by atoms with Gasteiger partial charge in [0.2, 0.25) is 0 Å². The van der Waals surface area contributed by atoms with E-state index in [9.17, 15) is 4.79 Å². The molecule has 0 aliphatic carbocycles. The number of nitrogens with two attached hydrogens (primary N) is 2. The van der Waals surface area contributed by atoms with E-state index in [1.807, 2.05) is 12.1 Å². The number of unbranched alkanes of at least 4 members (excludes halogenated alkanes) is 2. The van der Waals surface area contributed by atoms with Gasteiger partial charge in [-0.2, -0.15) is 0 Å². The summed E-state index contributed by atoms with van der Waals surface area (Å²) in [4.78, 5) is 10.3. The van der Waals surface area contributed by atoms with Gasteiger partial charge in [0.15, 0.2) is 0 Å². The van der Waals surface area contributed by atoms with Crippen LogP contribution in [0.1, 0.15) is 31.2 Å². The van der Waals surface area contributed by atoms with Crippen LogP contribution in [-0.4, -0.2) is 11.1 Å². The smallest absolute Gasteiger partial charge is 0.303 e. The third-order valence-corrected chi connectivity index (χ3v) is 2.57. The predicted octanol–water partition coefficient (Wildman–Crippen LogP) is 2.04. The molecule has 1 aromatic carbocycles. The highest BCUT2D eigenvalue weighted by atomic mass is 16.4. The molecule has 0 aliphatic rings. The van der Waals surface area contributed by atoms with Gasteiger partial charge in [-0.05, 0) is 30.9 Å². The van der Waals surface area contributed by atoms with E-state index < -0.39 is 5.97 Å². The monoisotopic (exact) mass is 222 g/mol. The molecule has 0 unspecified atom stereocenters. The minimum Gasteiger partial charge on any atom is -0.481 e. The molecule has 0 aliphatic heterocycles. The number of anilines is 2. The maximum absolute atomic E-state index is 10.3. The number of carboxylic acids is 1. The molecule has 0 atom stereocenters. The summed E-state index contributed by atoms with van der Waals surface area (Å²) < 4.78 is 0. The van der Waals surface area contributed by atoms with Gasteiger partial charge in [0.1, 0.15) is 0 Å². The fourth-order valence-corrected chi connectivity index (χ4v) is 1.62. The lowest BCUT2D eigenvalue weighted by atomic mass is 10.0. The molecule has 16 heavy (non-hydrogen) atoms. The first kappa shape index (κ1) is 12.4. The molecule has 1 rings (SSSR count). The Balaban J connectivity index is 2.32. The van der Waals surface area contributed by atoms with Gasteiger partial charge in [0, 0.05) is 6.42 Å². The van der Waals surface area contributed by atoms with Crippen molar-refractivity contribution in [3.05, 3.63) is 23.8 Å². The van der Waals surface area contributed by atoms with Crippen molar-refractivity contribution in [3.63, 3.8) is 0 Å². The summed E-state index contributed by atoms with van der Waals surface area (Å²) >= 11 is 0. The standard InChI is InChI=1S/C12H18N2O2/c13-10-7-4-6-9(12(10)14)5-2-1-3-8-11(15)16/h4,6-7H,1-3,5,8,13-14H2,(H,15,16). The summed E-state index contributed by atoms with van der Waals surface area (Å²) in [6.07, 6.45) is 3.67. The Bertz CT molecular complexity index is 364. The molecule has 0 radical (unpaired) electrons.